The van der Waals surface area contributed by atoms with Crippen molar-refractivity contribution in [3.63, 3.8) is 0 Å². The monoisotopic (exact) mass is 784 g/mol. The van der Waals surface area contributed by atoms with Gasteiger partial charge in [-0.1, -0.05) is 132 Å². The molecule has 0 spiro atoms. The van der Waals surface area contributed by atoms with Crippen LogP contribution in [-0.4, -0.2) is 16.1 Å². The zero-order valence-electron chi connectivity index (χ0n) is 29.4. The molecule has 0 amide bonds. The van der Waals surface area contributed by atoms with E-state index in [-0.39, 0.29) is 39.0 Å². The molecule has 0 aromatic rings. The third kappa shape index (κ3) is 17.9. The van der Waals surface area contributed by atoms with E-state index in [1.54, 1.807) is 0 Å². The molecule has 0 fully saturated rings. The molecule has 0 unspecified atom stereocenters. The van der Waals surface area contributed by atoms with Crippen molar-refractivity contribution in [2.75, 3.05) is 0 Å². The van der Waals surface area contributed by atoms with Crippen LogP contribution in [0.25, 0.3) is 0 Å². The van der Waals surface area contributed by atoms with Crippen LogP contribution >= 0.6 is 0 Å². The fourth-order valence-electron chi connectivity index (χ4n) is 6.58. The minimum atomic E-state index is -1.58. The average Bonchev–Trinajstić information content (AvgIpc) is 2.79. The molecule has 246 valence electrons. The molecule has 2 radical (unpaired) electrons. The summed E-state index contributed by atoms with van der Waals surface area (Å²) in [7, 11) is -3.17. The van der Waals surface area contributed by atoms with Crippen molar-refractivity contribution in [3.8, 4) is 11.1 Å². The molecule has 42 heavy (non-hydrogen) atoms. The minimum Gasteiger partial charge on any atom is -0.701 e. The molecule has 0 atom stereocenters. The number of hydrogen-bond donors (Lipinski definition) is 0. The second-order valence-corrected chi connectivity index (χ2v) is 24.4. The van der Waals surface area contributed by atoms with E-state index >= 15 is 0 Å². The summed E-state index contributed by atoms with van der Waals surface area (Å²) in [6.07, 6.45) is 43.0. The molecule has 0 N–H and O–H groups in total. The van der Waals surface area contributed by atoms with Crippen LogP contribution in [0.2, 0.25) is 33.2 Å². The maximum atomic E-state index is 7.51. The normalized spacial score (nSPS) is 17.9. The summed E-state index contributed by atoms with van der Waals surface area (Å²) >= 11 is 0. The van der Waals surface area contributed by atoms with Gasteiger partial charge in [-0.2, -0.15) is 0 Å². The Balaban J connectivity index is -0.000000229. The van der Waals surface area contributed by atoms with Crippen LogP contribution in [-0.2, 0) is 39.0 Å². The molecule has 0 aromatic heterocycles. The quantitative estimate of drug-likeness (QED) is 0.109. The van der Waals surface area contributed by atoms with Crippen LogP contribution in [0.3, 0.4) is 0 Å². The van der Waals surface area contributed by atoms with Crippen molar-refractivity contribution in [3.05, 3.63) is 61.5 Å². The number of allylic oxidation sites excluding steroid dienone is 8. The largest absolute Gasteiger partial charge is 0.701 e. The first-order chi connectivity index (χ1) is 18.8. The van der Waals surface area contributed by atoms with E-state index in [1.165, 1.54) is 51.4 Å². The first kappa shape index (κ1) is 48.7. The molecule has 0 bridgehead atoms. The summed E-state index contributed by atoms with van der Waals surface area (Å²) in [5.74, 6) is 0. The van der Waals surface area contributed by atoms with E-state index < -0.39 is 16.1 Å². The summed E-state index contributed by atoms with van der Waals surface area (Å²) in [5, 5.41) is 0. The molecule has 2 aliphatic rings. The molecule has 0 nitrogen and oxygen atoms in total. The van der Waals surface area contributed by atoms with Gasteiger partial charge in [-0.15, -0.1) is 0 Å². The van der Waals surface area contributed by atoms with Gasteiger partial charge >= 0.3 is 0 Å². The van der Waals surface area contributed by atoms with Gasteiger partial charge in [-0.25, -0.2) is 0 Å². The molecular formula is C38H66Rh2Si2-2. The van der Waals surface area contributed by atoms with E-state index in [1.807, 2.05) is 0 Å². The predicted molar refractivity (Wildman–Crippen MR) is 190 cm³/mol. The van der Waals surface area contributed by atoms with Crippen LogP contribution in [0.15, 0.2) is 48.6 Å². The second-order valence-electron chi connectivity index (χ2n) is 13.2. The molecule has 4 heteroatoms. The minimum absolute atomic E-state index is 0. The van der Waals surface area contributed by atoms with E-state index in [0.29, 0.717) is 33.2 Å². The van der Waals surface area contributed by atoms with Crippen LogP contribution in [0.1, 0.15) is 134 Å². The molecule has 0 heterocycles. The maximum Gasteiger partial charge on any atom is 0.0977 e. The van der Waals surface area contributed by atoms with Gasteiger partial charge in [0.1, 0.15) is 0 Å². The van der Waals surface area contributed by atoms with Gasteiger partial charge in [0, 0.05) is 39.0 Å². The molecular weight excluding hydrogens is 718 g/mol. The first-order valence-electron chi connectivity index (χ1n) is 16.3. The van der Waals surface area contributed by atoms with Crippen LogP contribution < -0.4 is 0 Å². The summed E-state index contributed by atoms with van der Waals surface area (Å²) < 4.78 is 0. The van der Waals surface area contributed by atoms with E-state index in [0.717, 1.165) is 0 Å². The topological polar surface area (TPSA) is 0 Å². The Bertz CT molecular complexity index is 665. The SMILES string of the molecule is C1=C\CC/C=C\CC/1.C1=C\CC/C=C\CC/1.[C-]#C[Si](C(C)C)(C(C)C)C(C)C.[C-]#C[Si](C(C)C)(C(C)C)C(C)C.[Rh].[Rh]. The van der Waals surface area contributed by atoms with Crippen LogP contribution in [0.5, 0.6) is 0 Å². The van der Waals surface area contributed by atoms with E-state index in [2.05, 4.69) is 143 Å². The molecule has 0 aromatic carbocycles. The Morgan fingerprint density at radius 3 is 0.524 bits per heavy atom. The fourth-order valence-corrected chi connectivity index (χ4v) is 16.3. The van der Waals surface area contributed by atoms with Gasteiger partial charge < -0.3 is 23.9 Å². The van der Waals surface area contributed by atoms with Gasteiger partial charge in [-0.05, 0) is 84.6 Å². The molecule has 0 aliphatic heterocycles. The zero-order chi connectivity index (χ0) is 31.2. The standard InChI is InChI=1S/2C11H21Si.2C8H12.2Rh/c2*1-8-12(9(2)3,10(4)5)11(6)7;2*1-2-4-6-8-7-5-3-1;;/h2*9-11H,2-7H3;2*1-2,7-8H,3-6H2;;/q2*-1;;;;/b;;2*2-1-,8-7-;;. The summed E-state index contributed by atoms with van der Waals surface area (Å²) in [6, 6.07) is 0. The van der Waals surface area contributed by atoms with Gasteiger partial charge in [0.15, 0.2) is 0 Å². The van der Waals surface area contributed by atoms with Crippen LogP contribution in [0, 0.1) is 23.9 Å². The van der Waals surface area contributed by atoms with E-state index in [9.17, 15) is 0 Å². The maximum absolute atomic E-state index is 7.51. The summed E-state index contributed by atoms with van der Waals surface area (Å²) in [4.78, 5) is 0. The number of rotatable bonds is 6. The van der Waals surface area contributed by atoms with Gasteiger partial charge in [0.25, 0.3) is 0 Å². The smallest absolute Gasteiger partial charge is 0.0977 e. The van der Waals surface area contributed by atoms with Crippen molar-refractivity contribution < 1.29 is 39.0 Å². The molecule has 2 aliphatic carbocycles. The average molecular weight is 785 g/mol. The van der Waals surface area contributed by atoms with Gasteiger partial charge in [0.05, 0.1) is 16.1 Å². The number of hydrogen-bond acceptors (Lipinski definition) is 0. The Morgan fingerprint density at radius 2 is 0.476 bits per heavy atom. The molecule has 0 saturated heterocycles. The summed E-state index contributed by atoms with van der Waals surface area (Å²) in [5.41, 5.74) is 9.61. The third-order valence-electron chi connectivity index (χ3n) is 8.83. The van der Waals surface area contributed by atoms with E-state index in [4.69, 9.17) is 12.8 Å². The van der Waals surface area contributed by atoms with Crippen molar-refractivity contribution in [1.29, 1.82) is 0 Å². The zero-order valence-corrected chi connectivity index (χ0v) is 34.7. The Labute approximate surface area is 293 Å². The van der Waals surface area contributed by atoms with Crippen molar-refractivity contribution in [2.45, 2.75) is 168 Å². The Hall–Kier alpha value is -0.239. The van der Waals surface area contributed by atoms with Gasteiger partial charge in [0.2, 0.25) is 0 Å². The van der Waals surface area contributed by atoms with Crippen molar-refractivity contribution >= 4 is 16.1 Å². The van der Waals surface area contributed by atoms with Crippen molar-refractivity contribution in [1.82, 2.24) is 0 Å². The Morgan fingerprint density at radius 1 is 0.357 bits per heavy atom. The summed E-state index contributed by atoms with van der Waals surface area (Å²) in [6.45, 7) is 26.9. The first-order valence-corrected chi connectivity index (χ1v) is 20.7. The second kappa shape index (κ2) is 28.2. The van der Waals surface area contributed by atoms with Crippen LogP contribution in [0.4, 0.5) is 0 Å². The third-order valence-corrected chi connectivity index (χ3v) is 21.2. The Kier molecular flexibility index (Phi) is 32.7. The molecule has 2 rings (SSSR count). The van der Waals surface area contributed by atoms with Crippen molar-refractivity contribution in [2.24, 2.45) is 0 Å². The molecule has 0 saturated carbocycles. The van der Waals surface area contributed by atoms with Gasteiger partial charge in [-0.3, -0.25) is 0 Å². The predicted octanol–water partition coefficient (Wildman–Crippen LogP) is 12.9. The fraction of sp³-hybridized carbons (Fsp3) is 0.684.